The van der Waals surface area contributed by atoms with E-state index in [1.807, 2.05) is 0 Å². The highest BCUT2D eigenvalue weighted by molar-refractivity contribution is 7.92. The maximum absolute atomic E-state index is 13.2. The molecule has 3 rings (SSSR count). The standard InChI is InChI=1S/C22H20ClN3O4S/c1-16(18-11-5-8-14-21(18)27)24-25-22(28)15-26(20-13-7-6-12-19(20)23)31(29,30)17-9-3-2-4-10-17/h2-14,27H,15H2,1H3,(H,25,28). The third kappa shape index (κ3) is 5.22. The summed E-state index contributed by atoms with van der Waals surface area (Å²) in [6, 6.07) is 20.7. The van der Waals surface area contributed by atoms with Gasteiger partial charge in [0.15, 0.2) is 0 Å². The number of carbonyl (C=O) groups excluding carboxylic acids is 1. The number of halogens is 1. The van der Waals surface area contributed by atoms with E-state index >= 15 is 0 Å². The molecule has 0 aliphatic rings. The first-order chi connectivity index (χ1) is 14.8. The highest BCUT2D eigenvalue weighted by Crippen LogP contribution is 2.30. The summed E-state index contributed by atoms with van der Waals surface area (Å²) in [4.78, 5) is 12.6. The Bertz CT molecular complexity index is 1210. The van der Waals surface area contributed by atoms with E-state index in [0.29, 0.717) is 11.3 Å². The summed E-state index contributed by atoms with van der Waals surface area (Å²) < 4.78 is 27.4. The second kappa shape index (κ2) is 9.63. The second-order valence-corrected chi connectivity index (χ2v) is 8.79. The third-order valence-electron chi connectivity index (χ3n) is 4.38. The van der Waals surface area contributed by atoms with E-state index in [1.165, 1.54) is 24.3 Å². The van der Waals surface area contributed by atoms with Crippen LogP contribution >= 0.6 is 11.6 Å². The summed E-state index contributed by atoms with van der Waals surface area (Å²) in [7, 11) is -4.07. The Morgan fingerprint density at radius 2 is 1.61 bits per heavy atom. The molecule has 9 heteroatoms. The topological polar surface area (TPSA) is 99.1 Å². The van der Waals surface area contributed by atoms with Gasteiger partial charge in [0.1, 0.15) is 12.3 Å². The molecule has 1 amide bonds. The smallest absolute Gasteiger partial charge is 0.264 e. The minimum atomic E-state index is -4.07. The Balaban J connectivity index is 1.89. The van der Waals surface area contributed by atoms with E-state index in [-0.39, 0.29) is 21.4 Å². The van der Waals surface area contributed by atoms with E-state index in [4.69, 9.17) is 11.6 Å². The van der Waals surface area contributed by atoms with Crippen molar-refractivity contribution in [2.45, 2.75) is 11.8 Å². The molecule has 0 spiro atoms. The third-order valence-corrected chi connectivity index (χ3v) is 6.48. The Hall–Kier alpha value is -3.36. The van der Waals surface area contributed by atoms with Gasteiger partial charge in [-0.3, -0.25) is 9.10 Å². The molecule has 0 bridgehead atoms. The minimum absolute atomic E-state index is 0.0161. The quantitative estimate of drug-likeness (QED) is 0.416. The van der Waals surface area contributed by atoms with Crippen LogP contribution in [-0.2, 0) is 14.8 Å². The van der Waals surface area contributed by atoms with Crippen molar-refractivity contribution in [2.24, 2.45) is 5.10 Å². The molecule has 0 radical (unpaired) electrons. The highest BCUT2D eigenvalue weighted by atomic mass is 35.5. The maximum atomic E-state index is 13.2. The molecule has 3 aromatic carbocycles. The van der Waals surface area contributed by atoms with E-state index in [0.717, 1.165) is 4.31 Å². The summed E-state index contributed by atoms with van der Waals surface area (Å²) in [5, 5.41) is 14.1. The van der Waals surface area contributed by atoms with Crippen molar-refractivity contribution in [2.75, 3.05) is 10.8 Å². The number of hydrogen-bond acceptors (Lipinski definition) is 5. The lowest BCUT2D eigenvalue weighted by molar-refractivity contribution is -0.119. The molecule has 0 aromatic heterocycles. The number of phenolic OH excluding ortho intramolecular Hbond substituents is 1. The Labute approximate surface area is 185 Å². The summed E-state index contributed by atoms with van der Waals surface area (Å²) in [6.45, 7) is 1.07. The van der Waals surface area contributed by atoms with Gasteiger partial charge in [0.25, 0.3) is 15.9 Å². The number of nitrogens with zero attached hydrogens (tertiary/aromatic N) is 2. The highest BCUT2D eigenvalue weighted by Gasteiger charge is 2.28. The predicted octanol–water partition coefficient (Wildman–Crippen LogP) is 3.78. The van der Waals surface area contributed by atoms with Crippen LogP contribution in [0.25, 0.3) is 0 Å². The van der Waals surface area contributed by atoms with Crippen LogP contribution in [0.3, 0.4) is 0 Å². The molecule has 0 fully saturated rings. The Morgan fingerprint density at radius 1 is 1.00 bits per heavy atom. The first-order valence-corrected chi connectivity index (χ1v) is 11.1. The number of amides is 1. The Kier molecular flexibility index (Phi) is 6.94. The van der Waals surface area contributed by atoms with Crippen molar-refractivity contribution in [3.05, 3.63) is 89.4 Å². The molecule has 0 saturated carbocycles. The second-order valence-electron chi connectivity index (χ2n) is 6.53. The van der Waals surface area contributed by atoms with Crippen LogP contribution in [0.1, 0.15) is 12.5 Å². The van der Waals surface area contributed by atoms with Gasteiger partial charge in [-0.1, -0.05) is 54.1 Å². The molecule has 31 heavy (non-hydrogen) atoms. The van der Waals surface area contributed by atoms with Crippen LogP contribution in [0.5, 0.6) is 5.75 Å². The van der Waals surface area contributed by atoms with Gasteiger partial charge >= 0.3 is 0 Å². The van der Waals surface area contributed by atoms with Crippen LogP contribution in [0.4, 0.5) is 5.69 Å². The zero-order valence-corrected chi connectivity index (χ0v) is 18.1. The number of hydrogen-bond donors (Lipinski definition) is 2. The number of nitrogens with one attached hydrogen (secondary N) is 1. The SMILES string of the molecule is CC(=NNC(=O)CN(c1ccccc1Cl)S(=O)(=O)c1ccccc1)c1ccccc1O. The lowest BCUT2D eigenvalue weighted by Crippen LogP contribution is -2.40. The van der Waals surface area contributed by atoms with Crippen LogP contribution in [-0.4, -0.2) is 31.7 Å². The number of sulfonamides is 1. The van der Waals surface area contributed by atoms with Gasteiger partial charge in [-0.2, -0.15) is 5.10 Å². The average Bonchev–Trinajstić information content (AvgIpc) is 2.77. The molecule has 0 aliphatic carbocycles. The van der Waals surface area contributed by atoms with Crippen molar-refractivity contribution < 1.29 is 18.3 Å². The number of aromatic hydroxyl groups is 1. The number of rotatable bonds is 7. The molecule has 160 valence electrons. The minimum Gasteiger partial charge on any atom is -0.507 e. The zero-order chi connectivity index (χ0) is 22.4. The number of carbonyl (C=O) groups is 1. The number of benzene rings is 3. The van der Waals surface area contributed by atoms with E-state index in [1.54, 1.807) is 61.5 Å². The van der Waals surface area contributed by atoms with Crippen molar-refractivity contribution in [1.29, 1.82) is 0 Å². The van der Waals surface area contributed by atoms with Gasteiger partial charge in [0.2, 0.25) is 0 Å². The van der Waals surface area contributed by atoms with Crippen molar-refractivity contribution in [3.63, 3.8) is 0 Å². The number of para-hydroxylation sites is 2. The van der Waals surface area contributed by atoms with Gasteiger partial charge in [-0.25, -0.2) is 13.8 Å². The summed E-state index contributed by atoms with van der Waals surface area (Å²) in [5.41, 5.74) is 3.32. The van der Waals surface area contributed by atoms with Crippen LogP contribution in [0.15, 0.2) is 88.9 Å². The van der Waals surface area contributed by atoms with Gasteiger partial charge in [0, 0.05) is 5.56 Å². The molecule has 0 saturated heterocycles. The van der Waals surface area contributed by atoms with E-state index in [9.17, 15) is 18.3 Å². The van der Waals surface area contributed by atoms with E-state index < -0.39 is 22.5 Å². The van der Waals surface area contributed by atoms with Crippen molar-refractivity contribution >= 4 is 38.9 Å². The molecule has 7 nitrogen and oxygen atoms in total. The maximum Gasteiger partial charge on any atom is 0.264 e. The molecular formula is C22H20ClN3O4S. The van der Waals surface area contributed by atoms with E-state index in [2.05, 4.69) is 10.5 Å². The fourth-order valence-corrected chi connectivity index (χ4v) is 4.57. The molecule has 0 atom stereocenters. The van der Waals surface area contributed by atoms with Gasteiger partial charge in [-0.05, 0) is 43.3 Å². The molecule has 0 aliphatic heterocycles. The van der Waals surface area contributed by atoms with Crippen molar-refractivity contribution in [3.8, 4) is 5.75 Å². The largest absolute Gasteiger partial charge is 0.507 e. The summed E-state index contributed by atoms with van der Waals surface area (Å²) >= 11 is 6.23. The molecule has 0 unspecified atom stereocenters. The molecular weight excluding hydrogens is 438 g/mol. The first-order valence-electron chi connectivity index (χ1n) is 9.24. The van der Waals surface area contributed by atoms with Crippen molar-refractivity contribution in [1.82, 2.24) is 5.43 Å². The monoisotopic (exact) mass is 457 g/mol. The lowest BCUT2D eigenvalue weighted by Gasteiger charge is -2.24. The number of phenols is 1. The normalized spacial score (nSPS) is 11.7. The lowest BCUT2D eigenvalue weighted by atomic mass is 10.1. The van der Waals surface area contributed by atoms with Gasteiger partial charge in [-0.15, -0.1) is 0 Å². The predicted molar refractivity (Wildman–Crippen MR) is 121 cm³/mol. The van der Waals surface area contributed by atoms with Gasteiger partial charge < -0.3 is 5.11 Å². The fraction of sp³-hybridized carbons (Fsp3) is 0.0909. The van der Waals surface area contributed by atoms with Crippen LogP contribution < -0.4 is 9.73 Å². The van der Waals surface area contributed by atoms with Crippen LogP contribution in [0.2, 0.25) is 5.02 Å². The zero-order valence-electron chi connectivity index (χ0n) is 16.6. The molecule has 0 heterocycles. The fourth-order valence-electron chi connectivity index (χ4n) is 2.83. The molecule has 2 N–H and O–H groups in total. The number of anilines is 1. The summed E-state index contributed by atoms with van der Waals surface area (Å²) in [5.74, 6) is -0.656. The molecule has 3 aromatic rings. The first kappa shape index (κ1) is 22.3. The van der Waals surface area contributed by atoms with Crippen LogP contribution in [0, 0.1) is 0 Å². The Morgan fingerprint density at radius 3 is 2.29 bits per heavy atom. The van der Waals surface area contributed by atoms with Gasteiger partial charge in [0.05, 0.1) is 21.3 Å². The number of hydrazone groups is 1. The summed E-state index contributed by atoms with van der Waals surface area (Å²) in [6.07, 6.45) is 0. The average molecular weight is 458 g/mol.